The fourth-order valence-corrected chi connectivity index (χ4v) is 3.74. The van der Waals surface area contributed by atoms with E-state index in [1.165, 1.54) is 26.2 Å². The lowest BCUT2D eigenvalue weighted by Gasteiger charge is -2.23. The molecule has 0 aliphatic rings. The van der Waals surface area contributed by atoms with Crippen LogP contribution in [0.25, 0.3) is 0 Å². The molecule has 2 aromatic rings. The van der Waals surface area contributed by atoms with Gasteiger partial charge >= 0.3 is 0 Å². The maximum Gasteiger partial charge on any atom is 0.267 e. The number of sulfonamides is 1. The van der Waals surface area contributed by atoms with Crippen LogP contribution >= 0.6 is 0 Å². The molecule has 2 rings (SSSR count). The third-order valence-electron chi connectivity index (χ3n) is 3.33. The highest BCUT2D eigenvalue weighted by Crippen LogP contribution is 2.25. The van der Waals surface area contributed by atoms with Gasteiger partial charge in [-0.2, -0.15) is 0 Å². The number of rotatable bonds is 6. The first-order chi connectivity index (χ1) is 11.3. The third-order valence-corrected chi connectivity index (χ3v) is 4.96. The van der Waals surface area contributed by atoms with Gasteiger partial charge in [0.15, 0.2) is 0 Å². The Morgan fingerprint density at radius 3 is 2.17 bits per heavy atom. The predicted octanol–water partition coefficient (Wildman–Crippen LogP) is 3.13. The van der Waals surface area contributed by atoms with Gasteiger partial charge in [-0.05, 0) is 36.8 Å². The van der Waals surface area contributed by atoms with Crippen LogP contribution in [0.4, 0.5) is 5.69 Å². The van der Waals surface area contributed by atoms with Crippen molar-refractivity contribution < 1.29 is 17.9 Å². The summed E-state index contributed by atoms with van der Waals surface area (Å²) in [6.07, 6.45) is 0. The normalized spacial score (nSPS) is 10.9. The largest absolute Gasteiger partial charge is 0.497 e. The van der Waals surface area contributed by atoms with Crippen LogP contribution < -0.4 is 9.04 Å². The molecule has 2 aromatic carbocycles. The Labute approximate surface area is 142 Å². The van der Waals surface area contributed by atoms with Crippen molar-refractivity contribution in [2.45, 2.75) is 12.7 Å². The molecule has 5 nitrogen and oxygen atoms in total. The molecule has 0 aliphatic heterocycles. The van der Waals surface area contributed by atoms with E-state index >= 15 is 0 Å². The van der Waals surface area contributed by atoms with Crippen molar-refractivity contribution in [3.63, 3.8) is 0 Å². The minimum Gasteiger partial charge on any atom is -0.497 e. The Hall–Kier alpha value is -2.60. The summed E-state index contributed by atoms with van der Waals surface area (Å²) in [6, 6.07) is 15.0. The Kier molecular flexibility index (Phi) is 5.41. The number of hydrogen-bond acceptors (Lipinski definition) is 4. The summed E-state index contributed by atoms with van der Waals surface area (Å²) in [6.45, 7) is 5.06. The van der Waals surface area contributed by atoms with Crippen LogP contribution in [0.5, 0.6) is 5.75 Å². The molecule has 6 heteroatoms. The highest BCUT2D eigenvalue weighted by molar-refractivity contribution is 7.92. The Bertz CT molecular complexity index is 827. The van der Waals surface area contributed by atoms with E-state index < -0.39 is 15.9 Å². The monoisotopic (exact) mass is 345 g/mol. The molecular weight excluding hydrogens is 326 g/mol. The summed E-state index contributed by atoms with van der Waals surface area (Å²) < 4.78 is 31.5. The molecule has 0 radical (unpaired) electrons. The van der Waals surface area contributed by atoms with Crippen molar-refractivity contribution in [3.05, 3.63) is 72.3 Å². The first kappa shape index (κ1) is 17.7. The quantitative estimate of drug-likeness (QED) is 0.755. The van der Waals surface area contributed by atoms with Crippen molar-refractivity contribution in [1.82, 2.24) is 0 Å². The van der Waals surface area contributed by atoms with E-state index in [4.69, 9.17) is 4.74 Å². The third kappa shape index (κ3) is 4.02. The summed E-state index contributed by atoms with van der Waals surface area (Å²) >= 11 is 0. The SMILES string of the molecule is C=C(C)C(=O)N(c1ccc(OC)cc1)S(=O)(=O)Cc1ccccc1. The van der Waals surface area contributed by atoms with Gasteiger partial charge in [-0.1, -0.05) is 36.9 Å². The number of hydrogen-bond donors (Lipinski definition) is 0. The number of carbonyl (C=O) groups is 1. The fraction of sp³-hybridized carbons (Fsp3) is 0.167. The van der Waals surface area contributed by atoms with E-state index in [2.05, 4.69) is 6.58 Å². The van der Waals surface area contributed by atoms with Gasteiger partial charge in [0.1, 0.15) is 5.75 Å². The number of methoxy groups -OCH3 is 1. The van der Waals surface area contributed by atoms with Crippen LogP contribution in [0.1, 0.15) is 12.5 Å². The number of amides is 1. The molecular formula is C18H19NO4S. The van der Waals surface area contributed by atoms with Crippen molar-refractivity contribution in [2.24, 2.45) is 0 Å². The standard InChI is InChI=1S/C18H19NO4S/c1-14(2)18(20)19(16-9-11-17(23-3)12-10-16)24(21,22)13-15-7-5-4-6-8-15/h4-12H,1,13H2,2-3H3. The number of ether oxygens (including phenoxy) is 1. The second kappa shape index (κ2) is 7.31. The number of benzene rings is 2. The number of anilines is 1. The maximum atomic E-state index is 12.8. The highest BCUT2D eigenvalue weighted by Gasteiger charge is 2.29. The molecule has 126 valence electrons. The summed E-state index contributed by atoms with van der Waals surface area (Å²) in [5.41, 5.74) is 0.993. The molecule has 0 N–H and O–H groups in total. The minimum absolute atomic E-state index is 0.141. The average molecular weight is 345 g/mol. The molecule has 1 amide bonds. The van der Waals surface area contributed by atoms with E-state index in [1.54, 1.807) is 42.5 Å². The molecule has 0 saturated carbocycles. The Morgan fingerprint density at radius 1 is 1.08 bits per heavy atom. The average Bonchev–Trinajstić information content (AvgIpc) is 2.55. The second-order valence-electron chi connectivity index (χ2n) is 5.29. The number of nitrogens with zero attached hydrogens (tertiary/aromatic N) is 1. The molecule has 0 atom stereocenters. The zero-order valence-electron chi connectivity index (χ0n) is 13.6. The van der Waals surface area contributed by atoms with Gasteiger partial charge in [0.05, 0.1) is 18.6 Å². The van der Waals surface area contributed by atoms with Crippen molar-refractivity contribution >= 4 is 21.6 Å². The smallest absolute Gasteiger partial charge is 0.267 e. The lowest BCUT2D eigenvalue weighted by atomic mass is 10.2. The zero-order chi connectivity index (χ0) is 17.7. The molecule has 0 aromatic heterocycles. The lowest BCUT2D eigenvalue weighted by molar-refractivity contribution is -0.113. The van der Waals surface area contributed by atoms with Crippen LogP contribution in [-0.2, 0) is 20.6 Å². The van der Waals surface area contributed by atoms with E-state index in [0.717, 1.165) is 4.31 Å². The van der Waals surface area contributed by atoms with E-state index in [-0.39, 0.29) is 17.0 Å². The van der Waals surface area contributed by atoms with Crippen LogP contribution in [0.2, 0.25) is 0 Å². The van der Waals surface area contributed by atoms with Crippen LogP contribution in [0.3, 0.4) is 0 Å². The van der Waals surface area contributed by atoms with E-state index in [0.29, 0.717) is 11.3 Å². The summed E-state index contributed by atoms with van der Waals surface area (Å²) in [7, 11) is -2.40. The topological polar surface area (TPSA) is 63.7 Å². The van der Waals surface area contributed by atoms with Gasteiger partial charge in [-0.25, -0.2) is 12.7 Å². The molecule has 0 spiro atoms. The molecule has 0 saturated heterocycles. The van der Waals surface area contributed by atoms with Gasteiger partial charge in [-0.15, -0.1) is 0 Å². The Balaban J connectivity index is 2.45. The molecule has 0 unspecified atom stereocenters. The van der Waals surface area contributed by atoms with Crippen LogP contribution in [0, 0.1) is 0 Å². The fourth-order valence-electron chi connectivity index (χ4n) is 2.14. The lowest BCUT2D eigenvalue weighted by Crippen LogP contribution is -2.38. The van der Waals surface area contributed by atoms with Crippen molar-refractivity contribution in [3.8, 4) is 5.75 Å². The highest BCUT2D eigenvalue weighted by atomic mass is 32.2. The Morgan fingerprint density at radius 2 is 1.67 bits per heavy atom. The first-order valence-electron chi connectivity index (χ1n) is 7.26. The van der Waals surface area contributed by atoms with E-state index in [1.807, 2.05) is 0 Å². The second-order valence-corrected chi connectivity index (χ2v) is 7.11. The van der Waals surface area contributed by atoms with E-state index in [9.17, 15) is 13.2 Å². The van der Waals surface area contributed by atoms with Gasteiger partial charge in [-0.3, -0.25) is 4.79 Å². The van der Waals surface area contributed by atoms with Gasteiger partial charge in [0.2, 0.25) is 10.0 Å². The predicted molar refractivity (Wildman–Crippen MR) is 94.4 cm³/mol. The number of carbonyl (C=O) groups excluding carboxylic acids is 1. The maximum absolute atomic E-state index is 12.8. The van der Waals surface area contributed by atoms with Crippen molar-refractivity contribution in [2.75, 3.05) is 11.4 Å². The molecule has 0 heterocycles. The van der Waals surface area contributed by atoms with Gasteiger partial charge in [0, 0.05) is 5.57 Å². The summed E-state index contributed by atoms with van der Waals surface area (Å²) in [5.74, 6) is -0.364. The van der Waals surface area contributed by atoms with Crippen LogP contribution in [-0.4, -0.2) is 21.4 Å². The molecule has 0 bridgehead atoms. The molecule has 24 heavy (non-hydrogen) atoms. The minimum atomic E-state index is -3.91. The zero-order valence-corrected chi connectivity index (χ0v) is 14.4. The summed E-state index contributed by atoms with van der Waals surface area (Å²) in [5, 5.41) is 0. The van der Waals surface area contributed by atoms with Gasteiger partial charge in [0.25, 0.3) is 5.91 Å². The van der Waals surface area contributed by atoms with Crippen molar-refractivity contribution in [1.29, 1.82) is 0 Å². The summed E-state index contributed by atoms with van der Waals surface area (Å²) in [4.78, 5) is 12.5. The first-order valence-corrected chi connectivity index (χ1v) is 8.87. The molecule has 0 aliphatic carbocycles. The van der Waals surface area contributed by atoms with Crippen LogP contribution in [0.15, 0.2) is 66.7 Å². The molecule has 0 fully saturated rings. The van der Waals surface area contributed by atoms with Gasteiger partial charge < -0.3 is 4.74 Å².